The topological polar surface area (TPSA) is 52.6 Å². The highest BCUT2D eigenvalue weighted by atomic mass is 16.5. The molecule has 0 spiro atoms. The Balaban J connectivity index is 2.00. The molecule has 4 heteroatoms. The fourth-order valence-electron chi connectivity index (χ4n) is 4.38. The van der Waals surface area contributed by atoms with Gasteiger partial charge in [-0.1, -0.05) is 69.3 Å². The summed E-state index contributed by atoms with van der Waals surface area (Å²) in [5.41, 5.74) is 5.01. The fourth-order valence-corrected chi connectivity index (χ4v) is 4.38. The zero-order chi connectivity index (χ0) is 21.2. The summed E-state index contributed by atoms with van der Waals surface area (Å²) in [6.07, 6.45) is 1.35. The van der Waals surface area contributed by atoms with Crippen LogP contribution in [0.3, 0.4) is 0 Å². The molecule has 0 aromatic heterocycles. The third-order valence-electron chi connectivity index (χ3n) is 6.01. The summed E-state index contributed by atoms with van der Waals surface area (Å²) in [7, 11) is 2.63. The lowest BCUT2D eigenvalue weighted by atomic mass is 9.69. The van der Waals surface area contributed by atoms with Crippen LogP contribution in [0, 0.1) is 11.8 Å². The van der Waals surface area contributed by atoms with Gasteiger partial charge in [0.1, 0.15) is 0 Å². The van der Waals surface area contributed by atoms with Crippen molar-refractivity contribution in [2.45, 2.75) is 44.9 Å². The first-order valence-electron chi connectivity index (χ1n) is 10.1. The van der Waals surface area contributed by atoms with E-state index in [-0.39, 0.29) is 17.3 Å². The Morgan fingerprint density at radius 2 is 1.52 bits per heavy atom. The molecule has 2 aromatic carbocycles. The Hall–Kier alpha value is -2.62. The van der Waals surface area contributed by atoms with E-state index in [1.807, 2.05) is 12.1 Å². The number of carbonyl (C=O) groups excluding carboxylic acids is 2. The molecular formula is C25H30O4. The highest BCUT2D eigenvalue weighted by Gasteiger charge is 2.41. The first kappa shape index (κ1) is 21.1. The van der Waals surface area contributed by atoms with Gasteiger partial charge in [-0.2, -0.15) is 0 Å². The van der Waals surface area contributed by atoms with E-state index in [1.54, 1.807) is 0 Å². The van der Waals surface area contributed by atoms with Gasteiger partial charge in [0.2, 0.25) is 0 Å². The maximum absolute atomic E-state index is 12.4. The summed E-state index contributed by atoms with van der Waals surface area (Å²) in [5.74, 6) is -2.01. The van der Waals surface area contributed by atoms with E-state index >= 15 is 0 Å². The smallest absolute Gasteiger partial charge is 0.320 e. The zero-order valence-corrected chi connectivity index (χ0v) is 17.9. The Morgan fingerprint density at radius 3 is 2.07 bits per heavy atom. The molecule has 2 unspecified atom stereocenters. The van der Waals surface area contributed by atoms with E-state index in [0.717, 1.165) is 0 Å². The van der Waals surface area contributed by atoms with Crippen molar-refractivity contribution in [3.63, 3.8) is 0 Å². The predicted octanol–water partition coefficient (Wildman–Crippen LogP) is 4.64. The van der Waals surface area contributed by atoms with E-state index in [1.165, 1.54) is 36.5 Å². The highest BCUT2D eigenvalue weighted by Crippen LogP contribution is 2.42. The SMILES string of the molecule is COC(=O)C(C(=O)OC)C1Cc2ccccc2C(c2ccc(C(C)(C)C)cc2)C1. The number of esters is 2. The van der Waals surface area contributed by atoms with Crippen LogP contribution in [0.25, 0.3) is 0 Å². The summed E-state index contributed by atoms with van der Waals surface area (Å²) in [5, 5.41) is 0. The molecule has 0 aliphatic heterocycles. The van der Waals surface area contributed by atoms with Gasteiger partial charge in [-0.3, -0.25) is 9.59 Å². The van der Waals surface area contributed by atoms with Gasteiger partial charge in [0.25, 0.3) is 0 Å². The lowest BCUT2D eigenvalue weighted by molar-refractivity contribution is -0.161. The number of ether oxygens (including phenoxy) is 2. The molecule has 0 radical (unpaired) electrons. The molecule has 0 saturated carbocycles. The van der Waals surface area contributed by atoms with Crippen LogP contribution in [0.4, 0.5) is 0 Å². The maximum Gasteiger partial charge on any atom is 0.320 e. The van der Waals surface area contributed by atoms with Crippen molar-refractivity contribution in [3.8, 4) is 0 Å². The van der Waals surface area contributed by atoms with Crippen LogP contribution in [-0.4, -0.2) is 26.2 Å². The molecule has 2 atom stereocenters. The van der Waals surface area contributed by atoms with Gasteiger partial charge in [0.05, 0.1) is 14.2 Å². The fraction of sp³-hybridized carbons (Fsp3) is 0.440. The predicted molar refractivity (Wildman–Crippen MR) is 113 cm³/mol. The number of benzene rings is 2. The molecule has 3 rings (SSSR count). The molecule has 0 fully saturated rings. The van der Waals surface area contributed by atoms with Gasteiger partial charge in [-0.25, -0.2) is 0 Å². The zero-order valence-electron chi connectivity index (χ0n) is 17.9. The number of methoxy groups -OCH3 is 2. The van der Waals surface area contributed by atoms with Gasteiger partial charge in [-0.15, -0.1) is 0 Å². The van der Waals surface area contributed by atoms with Crippen molar-refractivity contribution in [1.29, 1.82) is 0 Å². The summed E-state index contributed by atoms with van der Waals surface area (Å²) >= 11 is 0. The monoisotopic (exact) mass is 394 g/mol. The van der Waals surface area contributed by atoms with Crippen LogP contribution < -0.4 is 0 Å². The largest absolute Gasteiger partial charge is 0.468 e. The number of hydrogen-bond acceptors (Lipinski definition) is 4. The van der Waals surface area contributed by atoms with Gasteiger partial charge in [0, 0.05) is 5.92 Å². The van der Waals surface area contributed by atoms with Crippen LogP contribution in [0.1, 0.15) is 55.4 Å². The molecule has 1 aliphatic carbocycles. The average molecular weight is 395 g/mol. The molecule has 0 amide bonds. The highest BCUT2D eigenvalue weighted by molar-refractivity contribution is 5.95. The van der Waals surface area contributed by atoms with E-state index < -0.39 is 17.9 Å². The molecule has 29 heavy (non-hydrogen) atoms. The summed E-state index contributed by atoms with van der Waals surface area (Å²) in [6.45, 7) is 6.60. The number of rotatable bonds is 4. The number of hydrogen-bond donors (Lipinski definition) is 0. The summed E-state index contributed by atoms with van der Waals surface area (Å²) in [6, 6.07) is 17.0. The Bertz CT molecular complexity index is 860. The lowest BCUT2D eigenvalue weighted by Crippen LogP contribution is -2.37. The first-order chi connectivity index (χ1) is 13.8. The molecule has 0 N–H and O–H groups in total. The minimum Gasteiger partial charge on any atom is -0.468 e. The third-order valence-corrected chi connectivity index (χ3v) is 6.01. The van der Waals surface area contributed by atoms with Crippen LogP contribution in [0.2, 0.25) is 0 Å². The maximum atomic E-state index is 12.4. The van der Waals surface area contributed by atoms with Crippen molar-refractivity contribution in [2.24, 2.45) is 11.8 Å². The number of carbonyl (C=O) groups is 2. The third kappa shape index (κ3) is 4.36. The molecule has 0 saturated heterocycles. The van der Waals surface area contributed by atoms with E-state index in [9.17, 15) is 9.59 Å². The lowest BCUT2D eigenvalue weighted by Gasteiger charge is -2.34. The molecule has 0 bridgehead atoms. The van der Waals surface area contributed by atoms with Crippen molar-refractivity contribution in [2.75, 3.05) is 14.2 Å². The van der Waals surface area contributed by atoms with E-state index in [4.69, 9.17) is 9.47 Å². The normalized spacial score (nSPS) is 18.8. The molecule has 0 heterocycles. The number of fused-ring (bicyclic) bond motifs is 1. The van der Waals surface area contributed by atoms with Crippen LogP contribution in [0.15, 0.2) is 48.5 Å². The Labute approximate surface area is 173 Å². The molecule has 1 aliphatic rings. The second kappa shape index (κ2) is 8.40. The van der Waals surface area contributed by atoms with Gasteiger partial charge in [0.15, 0.2) is 5.92 Å². The second-order valence-corrected chi connectivity index (χ2v) is 8.85. The Kier molecular flexibility index (Phi) is 6.11. The van der Waals surface area contributed by atoms with Gasteiger partial charge < -0.3 is 9.47 Å². The van der Waals surface area contributed by atoms with Crippen molar-refractivity contribution in [3.05, 3.63) is 70.8 Å². The summed E-state index contributed by atoms with van der Waals surface area (Å²) in [4.78, 5) is 24.8. The molecule has 4 nitrogen and oxygen atoms in total. The van der Waals surface area contributed by atoms with Crippen molar-refractivity contribution < 1.29 is 19.1 Å². The standard InChI is InChI=1S/C25H30O4/c1-25(2,3)19-12-10-16(11-13-19)21-15-18(14-17-8-6-7-9-20(17)21)22(23(26)28-4)24(27)29-5/h6-13,18,21-22H,14-15H2,1-5H3. The van der Waals surface area contributed by atoms with Crippen molar-refractivity contribution >= 4 is 11.9 Å². The molecule has 154 valence electrons. The van der Waals surface area contributed by atoms with Crippen molar-refractivity contribution in [1.82, 2.24) is 0 Å². The molecule has 2 aromatic rings. The van der Waals surface area contributed by atoms with E-state index in [0.29, 0.717) is 12.8 Å². The van der Waals surface area contributed by atoms with Crippen LogP contribution in [0.5, 0.6) is 0 Å². The quantitative estimate of drug-likeness (QED) is 0.560. The summed E-state index contributed by atoms with van der Waals surface area (Å²) < 4.78 is 9.86. The first-order valence-corrected chi connectivity index (χ1v) is 10.1. The minimum absolute atomic E-state index is 0.0897. The van der Waals surface area contributed by atoms with E-state index in [2.05, 4.69) is 57.2 Å². The van der Waals surface area contributed by atoms with Crippen LogP contribution in [-0.2, 0) is 30.9 Å². The average Bonchev–Trinajstić information content (AvgIpc) is 2.72. The minimum atomic E-state index is -0.908. The Morgan fingerprint density at radius 1 is 0.931 bits per heavy atom. The van der Waals surface area contributed by atoms with Gasteiger partial charge in [-0.05, 0) is 46.4 Å². The van der Waals surface area contributed by atoms with Crippen LogP contribution >= 0.6 is 0 Å². The molecular weight excluding hydrogens is 364 g/mol. The van der Waals surface area contributed by atoms with Gasteiger partial charge >= 0.3 is 11.9 Å². The second-order valence-electron chi connectivity index (χ2n) is 8.85.